The summed E-state index contributed by atoms with van der Waals surface area (Å²) in [6, 6.07) is 7.11. The van der Waals surface area contributed by atoms with E-state index in [1.165, 1.54) is 32.8 Å². The second-order valence-electron chi connectivity index (χ2n) is 5.64. The second kappa shape index (κ2) is 7.68. The number of methoxy groups -OCH3 is 1. The van der Waals surface area contributed by atoms with Crippen LogP contribution >= 0.6 is 0 Å². The molecule has 4 heteroatoms. The molecule has 2 rings (SSSR count). The predicted octanol–water partition coefficient (Wildman–Crippen LogP) is 3.87. The fourth-order valence-corrected chi connectivity index (χ4v) is 2.90. The highest BCUT2D eigenvalue weighted by Crippen LogP contribution is 2.28. The molecule has 0 aromatic heterocycles. The van der Waals surface area contributed by atoms with E-state index in [1.807, 2.05) is 0 Å². The molecule has 1 aliphatic rings. The Morgan fingerprint density at radius 1 is 1.33 bits per heavy atom. The van der Waals surface area contributed by atoms with Gasteiger partial charge in [-0.05, 0) is 30.9 Å². The lowest BCUT2D eigenvalue weighted by Crippen LogP contribution is -2.16. The van der Waals surface area contributed by atoms with Gasteiger partial charge in [-0.2, -0.15) is 5.26 Å². The van der Waals surface area contributed by atoms with Crippen LogP contribution in [0.5, 0.6) is 5.75 Å². The Balaban J connectivity index is 1.97. The van der Waals surface area contributed by atoms with Gasteiger partial charge in [0.1, 0.15) is 5.75 Å². The average Bonchev–Trinajstić information content (AvgIpc) is 2.76. The minimum atomic E-state index is 0.0323. The predicted molar refractivity (Wildman–Crippen MR) is 82.1 cm³/mol. The lowest BCUT2D eigenvalue weighted by atomic mass is 9.96. The molecule has 1 fully saturated rings. The van der Waals surface area contributed by atoms with Crippen molar-refractivity contribution in [3.8, 4) is 11.8 Å². The zero-order valence-electron chi connectivity index (χ0n) is 12.5. The average molecular weight is 286 g/mol. The molecule has 0 saturated heterocycles. The van der Waals surface area contributed by atoms with Gasteiger partial charge in [-0.15, -0.1) is 0 Å². The normalized spacial score (nSPS) is 15.8. The largest absolute Gasteiger partial charge is 0.495 e. The molecule has 0 spiro atoms. The first kappa shape index (κ1) is 15.4. The number of anilines is 1. The third-order valence-electron chi connectivity index (χ3n) is 4.05. The fraction of sp³-hybridized carbons (Fsp3) is 0.529. The van der Waals surface area contributed by atoms with Crippen LogP contribution in [0.1, 0.15) is 50.5 Å². The number of rotatable bonds is 4. The molecular formula is C17H22N2O2. The van der Waals surface area contributed by atoms with Gasteiger partial charge in [0.2, 0.25) is 5.91 Å². The van der Waals surface area contributed by atoms with E-state index in [9.17, 15) is 4.79 Å². The van der Waals surface area contributed by atoms with Crippen molar-refractivity contribution >= 4 is 11.6 Å². The smallest absolute Gasteiger partial charge is 0.224 e. The van der Waals surface area contributed by atoms with Crippen LogP contribution in [0.25, 0.3) is 0 Å². The van der Waals surface area contributed by atoms with Crippen LogP contribution in [-0.4, -0.2) is 13.0 Å². The van der Waals surface area contributed by atoms with Crippen LogP contribution < -0.4 is 10.1 Å². The lowest BCUT2D eigenvalue weighted by Gasteiger charge is -2.15. The molecule has 0 aliphatic heterocycles. The van der Waals surface area contributed by atoms with Crippen LogP contribution in [0.3, 0.4) is 0 Å². The maximum absolute atomic E-state index is 12.2. The van der Waals surface area contributed by atoms with Crippen LogP contribution in [0.4, 0.5) is 5.69 Å². The molecule has 0 atom stereocenters. The first-order valence-electron chi connectivity index (χ1n) is 7.61. The summed E-state index contributed by atoms with van der Waals surface area (Å²) in [4.78, 5) is 12.2. The number of nitrogens with one attached hydrogen (secondary N) is 1. The first-order chi connectivity index (χ1) is 10.2. The van der Waals surface area contributed by atoms with E-state index in [4.69, 9.17) is 10.00 Å². The van der Waals surface area contributed by atoms with Crippen molar-refractivity contribution in [2.24, 2.45) is 5.92 Å². The monoisotopic (exact) mass is 286 g/mol. The van der Waals surface area contributed by atoms with E-state index in [2.05, 4.69) is 11.4 Å². The van der Waals surface area contributed by atoms with Crippen LogP contribution in [0, 0.1) is 17.2 Å². The van der Waals surface area contributed by atoms with Gasteiger partial charge in [-0.3, -0.25) is 4.79 Å². The maximum Gasteiger partial charge on any atom is 0.224 e. The van der Waals surface area contributed by atoms with Gasteiger partial charge >= 0.3 is 0 Å². The van der Waals surface area contributed by atoms with E-state index >= 15 is 0 Å². The molecule has 0 radical (unpaired) electrons. The molecule has 1 aromatic carbocycles. The number of hydrogen-bond acceptors (Lipinski definition) is 3. The van der Waals surface area contributed by atoms with Crippen molar-refractivity contribution in [1.82, 2.24) is 0 Å². The summed E-state index contributed by atoms with van der Waals surface area (Å²) in [5, 5.41) is 11.8. The number of nitrogens with zero attached hydrogens (tertiary/aromatic N) is 1. The number of benzene rings is 1. The van der Waals surface area contributed by atoms with Gasteiger partial charge in [0.25, 0.3) is 0 Å². The van der Waals surface area contributed by atoms with Gasteiger partial charge in [0, 0.05) is 12.5 Å². The topological polar surface area (TPSA) is 62.1 Å². The van der Waals surface area contributed by atoms with Gasteiger partial charge in [0.05, 0.1) is 24.4 Å². The second-order valence-corrected chi connectivity index (χ2v) is 5.64. The Labute approximate surface area is 126 Å². The molecule has 1 aliphatic carbocycles. The molecular weight excluding hydrogens is 264 g/mol. The highest BCUT2D eigenvalue weighted by atomic mass is 16.5. The van der Waals surface area contributed by atoms with Crippen molar-refractivity contribution in [2.45, 2.75) is 44.9 Å². The standard InChI is InChI=1S/C17H22N2O2/c1-21-16-10-14(12-18)8-9-15(16)19-17(20)11-13-6-4-2-3-5-7-13/h8-10,13H,2-7,11H2,1H3,(H,19,20). The van der Waals surface area contributed by atoms with E-state index in [0.717, 1.165) is 12.8 Å². The van der Waals surface area contributed by atoms with E-state index in [1.54, 1.807) is 18.2 Å². The van der Waals surface area contributed by atoms with Crippen molar-refractivity contribution in [3.63, 3.8) is 0 Å². The van der Waals surface area contributed by atoms with Gasteiger partial charge in [-0.25, -0.2) is 0 Å². The zero-order chi connectivity index (χ0) is 15.1. The van der Waals surface area contributed by atoms with Crippen molar-refractivity contribution < 1.29 is 9.53 Å². The van der Waals surface area contributed by atoms with Crippen molar-refractivity contribution in [3.05, 3.63) is 23.8 Å². The Morgan fingerprint density at radius 3 is 2.67 bits per heavy atom. The summed E-state index contributed by atoms with van der Waals surface area (Å²) in [5.41, 5.74) is 1.16. The highest BCUT2D eigenvalue weighted by Gasteiger charge is 2.17. The van der Waals surface area contributed by atoms with Crippen molar-refractivity contribution in [2.75, 3.05) is 12.4 Å². The molecule has 4 nitrogen and oxygen atoms in total. The summed E-state index contributed by atoms with van der Waals surface area (Å²) >= 11 is 0. The molecule has 1 aromatic rings. The zero-order valence-corrected chi connectivity index (χ0v) is 12.5. The molecule has 21 heavy (non-hydrogen) atoms. The SMILES string of the molecule is COc1cc(C#N)ccc1NC(=O)CC1CCCCCC1. The third-order valence-corrected chi connectivity index (χ3v) is 4.05. The fourth-order valence-electron chi connectivity index (χ4n) is 2.90. The van der Waals surface area contributed by atoms with Crippen LogP contribution in [0.15, 0.2) is 18.2 Å². The summed E-state index contributed by atoms with van der Waals surface area (Å²) in [6.45, 7) is 0. The number of hydrogen-bond donors (Lipinski definition) is 1. The Morgan fingerprint density at radius 2 is 2.05 bits per heavy atom. The highest BCUT2D eigenvalue weighted by molar-refractivity contribution is 5.92. The van der Waals surface area contributed by atoms with Crippen LogP contribution in [0.2, 0.25) is 0 Å². The quantitative estimate of drug-likeness (QED) is 0.855. The number of carbonyl (C=O) groups is 1. The third kappa shape index (κ3) is 4.49. The molecule has 1 N–H and O–H groups in total. The lowest BCUT2D eigenvalue weighted by molar-refractivity contribution is -0.117. The van der Waals surface area contributed by atoms with Gasteiger partial charge < -0.3 is 10.1 Å². The minimum Gasteiger partial charge on any atom is -0.495 e. The number of nitriles is 1. The Kier molecular flexibility index (Phi) is 5.62. The van der Waals surface area contributed by atoms with E-state index in [0.29, 0.717) is 29.3 Å². The maximum atomic E-state index is 12.2. The molecule has 1 saturated carbocycles. The number of carbonyl (C=O) groups excluding carboxylic acids is 1. The summed E-state index contributed by atoms with van der Waals surface area (Å²) in [7, 11) is 1.54. The Hall–Kier alpha value is -2.02. The summed E-state index contributed by atoms with van der Waals surface area (Å²) in [6.07, 6.45) is 7.93. The van der Waals surface area contributed by atoms with Crippen molar-refractivity contribution in [1.29, 1.82) is 5.26 Å². The van der Waals surface area contributed by atoms with Gasteiger partial charge in [-0.1, -0.05) is 25.7 Å². The summed E-state index contributed by atoms with van der Waals surface area (Å²) in [5.74, 6) is 1.06. The van der Waals surface area contributed by atoms with E-state index in [-0.39, 0.29) is 5.91 Å². The molecule has 0 heterocycles. The molecule has 1 amide bonds. The minimum absolute atomic E-state index is 0.0323. The van der Waals surface area contributed by atoms with Crippen LogP contribution in [-0.2, 0) is 4.79 Å². The molecule has 112 valence electrons. The molecule has 0 bridgehead atoms. The Bertz CT molecular complexity index is 526. The summed E-state index contributed by atoms with van der Waals surface area (Å²) < 4.78 is 5.23. The van der Waals surface area contributed by atoms with E-state index < -0.39 is 0 Å². The molecule has 0 unspecified atom stereocenters. The number of ether oxygens (including phenoxy) is 1. The van der Waals surface area contributed by atoms with Gasteiger partial charge in [0.15, 0.2) is 0 Å². The number of amides is 1. The first-order valence-corrected chi connectivity index (χ1v) is 7.61.